The molecule has 56 valence electrons. The van der Waals surface area contributed by atoms with Crippen LogP contribution >= 0.6 is 0 Å². The zero-order chi connectivity index (χ0) is 7.98. The van der Waals surface area contributed by atoms with E-state index in [9.17, 15) is 0 Å². The molecule has 1 atom stereocenters. The van der Waals surface area contributed by atoms with Crippen LogP contribution in [0.15, 0.2) is 12.2 Å². The Kier molecular flexibility index (Phi) is 4.66. The monoisotopic (exact) mass is 137 g/mol. The van der Waals surface area contributed by atoms with Gasteiger partial charge < -0.3 is 0 Å². The van der Waals surface area contributed by atoms with Crippen LogP contribution in [0.2, 0.25) is 0 Å². The van der Waals surface area contributed by atoms with E-state index in [1.54, 1.807) is 0 Å². The minimum atomic E-state index is 0.380. The maximum absolute atomic E-state index is 8.45. The lowest BCUT2D eigenvalue weighted by molar-refractivity contribution is 0.584. The van der Waals surface area contributed by atoms with Gasteiger partial charge in [0, 0.05) is 5.57 Å². The summed E-state index contributed by atoms with van der Waals surface area (Å²) in [5.74, 6) is 0.380. The van der Waals surface area contributed by atoms with E-state index in [4.69, 9.17) is 5.26 Å². The van der Waals surface area contributed by atoms with Crippen LogP contribution in [-0.4, -0.2) is 0 Å². The molecule has 0 radical (unpaired) electrons. The topological polar surface area (TPSA) is 23.8 Å². The second kappa shape index (κ2) is 5.05. The SMILES string of the molecule is C=C(C#N)C(C)CCCC. The molecule has 0 aromatic carbocycles. The Morgan fingerprint density at radius 1 is 1.70 bits per heavy atom. The van der Waals surface area contributed by atoms with Crippen molar-refractivity contribution in [3.63, 3.8) is 0 Å². The number of rotatable bonds is 4. The van der Waals surface area contributed by atoms with E-state index in [0.29, 0.717) is 11.5 Å². The smallest absolute Gasteiger partial charge is 0.0943 e. The van der Waals surface area contributed by atoms with Gasteiger partial charge in [0.1, 0.15) is 0 Å². The van der Waals surface area contributed by atoms with Crippen molar-refractivity contribution < 1.29 is 0 Å². The third-order valence-electron chi connectivity index (χ3n) is 1.73. The molecule has 0 aliphatic rings. The number of nitrogens with zero attached hydrogens (tertiary/aromatic N) is 1. The molecule has 0 aromatic rings. The number of nitriles is 1. The summed E-state index contributed by atoms with van der Waals surface area (Å²) < 4.78 is 0. The molecule has 0 spiro atoms. The van der Waals surface area contributed by atoms with E-state index in [1.807, 2.05) is 0 Å². The van der Waals surface area contributed by atoms with Gasteiger partial charge in [0.05, 0.1) is 6.07 Å². The molecule has 0 aliphatic heterocycles. The van der Waals surface area contributed by atoms with Crippen LogP contribution < -0.4 is 0 Å². The molecule has 10 heavy (non-hydrogen) atoms. The van der Waals surface area contributed by atoms with Gasteiger partial charge in [-0.25, -0.2) is 0 Å². The Morgan fingerprint density at radius 3 is 2.70 bits per heavy atom. The summed E-state index contributed by atoms with van der Waals surface area (Å²) in [6.45, 7) is 7.88. The summed E-state index contributed by atoms with van der Waals surface area (Å²) in [7, 11) is 0. The number of allylic oxidation sites excluding steroid dienone is 1. The van der Waals surface area contributed by atoms with Crippen LogP contribution in [0.1, 0.15) is 33.1 Å². The van der Waals surface area contributed by atoms with Gasteiger partial charge in [-0.15, -0.1) is 0 Å². The first-order chi connectivity index (χ1) is 4.72. The summed E-state index contributed by atoms with van der Waals surface area (Å²) >= 11 is 0. The first-order valence-corrected chi connectivity index (χ1v) is 3.81. The summed E-state index contributed by atoms with van der Waals surface area (Å²) in [5.41, 5.74) is 0.716. The second-order valence-electron chi connectivity index (χ2n) is 2.68. The molecule has 0 saturated carbocycles. The van der Waals surface area contributed by atoms with Crippen molar-refractivity contribution in [2.75, 3.05) is 0 Å². The second-order valence-corrected chi connectivity index (χ2v) is 2.68. The van der Waals surface area contributed by atoms with Crippen LogP contribution in [0.25, 0.3) is 0 Å². The zero-order valence-electron chi connectivity index (χ0n) is 6.85. The molecule has 0 rings (SSSR count). The van der Waals surface area contributed by atoms with Gasteiger partial charge in [0.25, 0.3) is 0 Å². The van der Waals surface area contributed by atoms with Gasteiger partial charge in [-0.3, -0.25) is 0 Å². The van der Waals surface area contributed by atoms with Crippen molar-refractivity contribution >= 4 is 0 Å². The average Bonchev–Trinajstić information content (AvgIpc) is 1.98. The van der Waals surface area contributed by atoms with Crippen LogP contribution in [0.4, 0.5) is 0 Å². The Labute approximate surface area is 63.4 Å². The maximum Gasteiger partial charge on any atom is 0.0943 e. The largest absolute Gasteiger partial charge is 0.193 e. The van der Waals surface area contributed by atoms with Crippen molar-refractivity contribution in [2.24, 2.45) is 5.92 Å². The molecule has 1 nitrogen and oxygen atoms in total. The Balaban J connectivity index is 3.54. The molecular formula is C9H15N. The molecule has 0 heterocycles. The molecule has 0 amide bonds. The lowest BCUT2D eigenvalue weighted by atomic mass is 9.98. The lowest BCUT2D eigenvalue weighted by Gasteiger charge is -2.06. The van der Waals surface area contributed by atoms with Crippen molar-refractivity contribution in [1.29, 1.82) is 5.26 Å². The zero-order valence-corrected chi connectivity index (χ0v) is 6.85. The molecular weight excluding hydrogens is 122 g/mol. The predicted octanol–water partition coefficient (Wildman–Crippen LogP) is 2.89. The standard InChI is InChI=1S/C9H15N/c1-4-5-6-8(2)9(3)7-10/h8H,3-6H2,1-2H3. The minimum absolute atomic E-state index is 0.380. The third-order valence-corrected chi connectivity index (χ3v) is 1.73. The predicted molar refractivity (Wildman–Crippen MR) is 43.4 cm³/mol. The molecule has 1 unspecified atom stereocenters. The van der Waals surface area contributed by atoms with Crippen LogP contribution in [0, 0.1) is 17.2 Å². The fourth-order valence-electron chi connectivity index (χ4n) is 0.795. The van der Waals surface area contributed by atoms with E-state index < -0.39 is 0 Å². The van der Waals surface area contributed by atoms with Gasteiger partial charge >= 0.3 is 0 Å². The molecule has 0 saturated heterocycles. The highest BCUT2D eigenvalue weighted by atomic mass is 14.3. The van der Waals surface area contributed by atoms with Crippen molar-refractivity contribution in [2.45, 2.75) is 33.1 Å². The van der Waals surface area contributed by atoms with E-state index in [-0.39, 0.29) is 0 Å². The van der Waals surface area contributed by atoms with E-state index in [2.05, 4.69) is 26.5 Å². The number of unbranched alkanes of at least 4 members (excludes halogenated alkanes) is 1. The quantitative estimate of drug-likeness (QED) is 0.546. The lowest BCUT2D eigenvalue weighted by Crippen LogP contribution is -1.95. The minimum Gasteiger partial charge on any atom is -0.193 e. The molecule has 0 bridgehead atoms. The molecule has 0 fully saturated rings. The molecule has 1 heteroatoms. The van der Waals surface area contributed by atoms with Gasteiger partial charge in [-0.05, 0) is 12.3 Å². The highest BCUT2D eigenvalue weighted by Gasteiger charge is 2.03. The van der Waals surface area contributed by atoms with E-state index >= 15 is 0 Å². The van der Waals surface area contributed by atoms with Crippen molar-refractivity contribution in [3.05, 3.63) is 12.2 Å². The summed E-state index contributed by atoms with van der Waals surface area (Å²) in [6.07, 6.45) is 3.49. The fourth-order valence-corrected chi connectivity index (χ4v) is 0.795. The maximum atomic E-state index is 8.45. The van der Waals surface area contributed by atoms with E-state index in [0.717, 1.165) is 6.42 Å². The average molecular weight is 137 g/mol. The third kappa shape index (κ3) is 3.29. The first kappa shape index (κ1) is 9.23. The van der Waals surface area contributed by atoms with Gasteiger partial charge in [0.15, 0.2) is 0 Å². The molecule has 0 N–H and O–H groups in total. The van der Waals surface area contributed by atoms with Gasteiger partial charge in [-0.1, -0.05) is 33.3 Å². The summed E-state index contributed by atoms with van der Waals surface area (Å²) in [5, 5.41) is 8.45. The Morgan fingerprint density at radius 2 is 2.30 bits per heavy atom. The van der Waals surface area contributed by atoms with Crippen molar-refractivity contribution in [3.8, 4) is 6.07 Å². The van der Waals surface area contributed by atoms with Crippen LogP contribution in [0.3, 0.4) is 0 Å². The Hall–Kier alpha value is -0.770. The summed E-state index contributed by atoms with van der Waals surface area (Å²) in [4.78, 5) is 0. The fraction of sp³-hybridized carbons (Fsp3) is 0.667. The number of hydrogen-bond donors (Lipinski definition) is 0. The normalized spacial score (nSPS) is 12.1. The number of hydrogen-bond acceptors (Lipinski definition) is 1. The first-order valence-electron chi connectivity index (χ1n) is 3.81. The van der Waals surface area contributed by atoms with Gasteiger partial charge in [-0.2, -0.15) is 5.26 Å². The van der Waals surface area contributed by atoms with Gasteiger partial charge in [0.2, 0.25) is 0 Å². The summed E-state index contributed by atoms with van der Waals surface area (Å²) in [6, 6.07) is 2.08. The Bertz CT molecular complexity index is 141. The van der Waals surface area contributed by atoms with Crippen LogP contribution in [0.5, 0.6) is 0 Å². The van der Waals surface area contributed by atoms with E-state index in [1.165, 1.54) is 12.8 Å². The molecule has 0 aromatic heterocycles. The highest BCUT2D eigenvalue weighted by molar-refractivity contribution is 5.18. The molecule has 0 aliphatic carbocycles. The van der Waals surface area contributed by atoms with Crippen LogP contribution in [-0.2, 0) is 0 Å². The highest BCUT2D eigenvalue weighted by Crippen LogP contribution is 2.14. The van der Waals surface area contributed by atoms with Crippen molar-refractivity contribution in [1.82, 2.24) is 0 Å².